The molecule has 2 fully saturated rings. The molecule has 0 radical (unpaired) electrons. The number of piperidine rings is 1. The zero-order valence-corrected chi connectivity index (χ0v) is 18.7. The van der Waals surface area contributed by atoms with Crippen LogP contribution in [-0.4, -0.2) is 52.9 Å². The van der Waals surface area contributed by atoms with Crippen molar-refractivity contribution in [3.63, 3.8) is 0 Å². The average Bonchev–Trinajstić information content (AvgIpc) is 3.08. The summed E-state index contributed by atoms with van der Waals surface area (Å²) in [5, 5.41) is 11.3. The van der Waals surface area contributed by atoms with E-state index in [-0.39, 0.29) is 24.0 Å². The summed E-state index contributed by atoms with van der Waals surface area (Å²) in [5.74, 6) is 0.894. The van der Waals surface area contributed by atoms with Gasteiger partial charge in [-0.15, -0.1) is 24.0 Å². The van der Waals surface area contributed by atoms with Crippen LogP contribution in [0.25, 0.3) is 0 Å². The molecule has 1 aromatic heterocycles. The molecule has 0 bridgehead atoms. The maximum atomic E-state index is 4.42. The van der Waals surface area contributed by atoms with Gasteiger partial charge in [0.05, 0.1) is 6.20 Å². The Morgan fingerprint density at radius 1 is 1.12 bits per heavy atom. The first-order chi connectivity index (χ1) is 12.2. The van der Waals surface area contributed by atoms with Crippen LogP contribution in [0.2, 0.25) is 0 Å². The van der Waals surface area contributed by atoms with E-state index < -0.39 is 0 Å². The van der Waals surface area contributed by atoms with E-state index in [1.165, 1.54) is 70.0 Å². The summed E-state index contributed by atoms with van der Waals surface area (Å²) in [6, 6.07) is 0. The van der Waals surface area contributed by atoms with Gasteiger partial charge in [0.2, 0.25) is 0 Å². The molecule has 0 atom stereocenters. The maximum Gasteiger partial charge on any atom is 0.191 e. The minimum absolute atomic E-state index is 0. The molecule has 26 heavy (non-hydrogen) atoms. The predicted octanol–water partition coefficient (Wildman–Crippen LogP) is 2.89. The standard InChI is InChI=1S/C19H34N6.HI/c1-20-18(21-13-17-14-23-24(2)15-17)22-16-19(9-5-3-6-10-19)25-11-7-4-8-12-25;/h14-15H,3-13,16H2,1-2H3,(H2,20,21,22);1H. The molecule has 6 nitrogen and oxygen atoms in total. The molecular weight excluding hydrogens is 439 g/mol. The van der Waals surface area contributed by atoms with Crippen LogP contribution in [0.15, 0.2) is 17.4 Å². The lowest BCUT2D eigenvalue weighted by molar-refractivity contribution is 0.0368. The molecule has 1 aliphatic heterocycles. The molecule has 2 N–H and O–H groups in total. The summed E-state index contributed by atoms with van der Waals surface area (Å²) in [6.07, 6.45) is 14.8. The highest BCUT2D eigenvalue weighted by atomic mass is 127. The Bertz CT molecular complexity index is 558. The Labute approximate surface area is 175 Å². The summed E-state index contributed by atoms with van der Waals surface area (Å²) in [7, 11) is 3.80. The second-order valence-electron chi connectivity index (χ2n) is 7.63. The van der Waals surface area contributed by atoms with Gasteiger partial charge >= 0.3 is 0 Å². The Morgan fingerprint density at radius 2 is 1.81 bits per heavy atom. The van der Waals surface area contributed by atoms with Crippen molar-refractivity contribution in [1.82, 2.24) is 25.3 Å². The zero-order chi connectivity index (χ0) is 17.5. The minimum Gasteiger partial charge on any atom is -0.355 e. The van der Waals surface area contributed by atoms with Crippen LogP contribution in [0.1, 0.15) is 56.9 Å². The highest BCUT2D eigenvalue weighted by molar-refractivity contribution is 14.0. The van der Waals surface area contributed by atoms with Crippen LogP contribution in [0, 0.1) is 0 Å². The van der Waals surface area contributed by atoms with E-state index in [9.17, 15) is 0 Å². The summed E-state index contributed by atoms with van der Waals surface area (Å²) >= 11 is 0. The van der Waals surface area contributed by atoms with Gasteiger partial charge in [-0.2, -0.15) is 5.10 Å². The summed E-state index contributed by atoms with van der Waals surface area (Å²) in [6.45, 7) is 4.29. The number of hydrogen-bond acceptors (Lipinski definition) is 3. The van der Waals surface area contributed by atoms with Crippen LogP contribution < -0.4 is 10.6 Å². The van der Waals surface area contributed by atoms with Crippen molar-refractivity contribution in [2.45, 2.75) is 63.5 Å². The molecule has 1 saturated heterocycles. The lowest BCUT2D eigenvalue weighted by atomic mass is 9.79. The van der Waals surface area contributed by atoms with Crippen LogP contribution >= 0.6 is 24.0 Å². The maximum absolute atomic E-state index is 4.42. The van der Waals surface area contributed by atoms with E-state index >= 15 is 0 Å². The third-order valence-electron chi connectivity index (χ3n) is 5.84. The fraction of sp³-hybridized carbons (Fsp3) is 0.789. The molecular formula is C19H35IN6. The highest BCUT2D eigenvalue weighted by Gasteiger charge is 2.38. The van der Waals surface area contributed by atoms with Crippen molar-refractivity contribution in [2.24, 2.45) is 12.0 Å². The highest BCUT2D eigenvalue weighted by Crippen LogP contribution is 2.35. The van der Waals surface area contributed by atoms with E-state index in [0.29, 0.717) is 5.54 Å². The number of nitrogens with zero attached hydrogens (tertiary/aromatic N) is 4. The van der Waals surface area contributed by atoms with Crippen molar-refractivity contribution in [1.29, 1.82) is 0 Å². The number of likely N-dealkylation sites (tertiary alicyclic amines) is 1. The van der Waals surface area contributed by atoms with Gasteiger partial charge in [0.15, 0.2) is 5.96 Å². The van der Waals surface area contributed by atoms with E-state index in [4.69, 9.17) is 0 Å². The number of aryl methyl sites for hydroxylation is 1. The Balaban J connectivity index is 0.00000243. The first-order valence-corrected chi connectivity index (χ1v) is 9.89. The lowest BCUT2D eigenvalue weighted by Gasteiger charge is -2.48. The quantitative estimate of drug-likeness (QED) is 0.392. The molecule has 1 aromatic rings. The molecule has 2 heterocycles. The van der Waals surface area contributed by atoms with Gasteiger partial charge in [-0.1, -0.05) is 25.7 Å². The molecule has 0 amide bonds. The van der Waals surface area contributed by atoms with E-state index in [1.807, 2.05) is 31.2 Å². The summed E-state index contributed by atoms with van der Waals surface area (Å²) < 4.78 is 1.83. The third-order valence-corrected chi connectivity index (χ3v) is 5.84. The molecule has 0 aromatic carbocycles. The molecule has 0 spiro atoms. The van der Waals surface area contributed by atoms with Crippen molar-refractivity contribution < 1.29 is 0 Å². The van der Waals surface area contributed by atoms with Gasteiger partial charge in [0.1, 0.15) is 0 Å². The molecule has 148 valence electrons. The van der Waals surface area contributed by atoms with Crippen molar-refractivity contribution in [2.75, 3.05) is 26.7 Å². The third kappa shape index (κ3) is 5.58. The molecule has 2 aliphatic rings. The fourth-order valence-electron chi connectivity index (χ4n) is 4.40. The first kappa shape index (κ1) is 21.5. The smallest absolute Gasteiger partial charge is 0.191 e. The number of halogens is 1. The second kappa shape index (κ2) is 10.5. The first-order valence-electron chi connectivity index (χ1n) is 9.89. The summed E-state index contributed by atoms with van der Waals surface area (Å²) in [4.78, 5) is 7.19. The Morgan fingerprint density at radius 3 is 2.42 bits per heavy atom. The van der Waals surface area contributed by atoms with Crippen LogP contribution in [0.3, 0.4) is 0 Å². The number of rotatable bonds is 5. The minimum atomic E-state index is 0. The monoisotopic (exact) mass is 474 g/mol. The summed E-state index contributed by atoms with van der Waals surface area (Å²) in [5.41, 5.74) is 1.50. The predicted molar refractivity (Wildman–Crippen MR) is 118 cm³/mol. The SMILES string of the molecule is CN=C(NCc1cnn(C)c1)NCC1(N2CCCCC2)CCCCC1.I. The number of nitrogens with one attached hydrogen (secondary N) is 2. The molecule has 0 unspecified atom stereocenters. The van der Waals surface area contributed by atoms with Crippen molar-refractivity contribution in [3.05, 3.63) is 18.0 Å². The van der Waals surface area contributed by atoms with Crippen LogP contribution in [0.5, 0.6) is 0 Å². The topological polar surface area (TPSA) is 57.5 Å². The number of hydrogen-bond donors (Lipinski definition) is 2. The number of aromatic nitrogens is 2. The Hall–Kier alpha value is -0.830. The van der Waals surface area contributed by atoms with Crippen molar-refractivity contribution >= 4 is 29.9 Å². The largest absolute Gasteiger partial charge is 0.355 e. The molecule has 3 rings (SSSR count). The number of guanidine groups is 1. The molecule has 1 aliphatic carbocycles. The Kier molecular flexibility index (Phi) is 8.66. The zero-order valence-electron chi connectivity index (χ0n) is 16.3. The van der Waals surface area contributed by atoms with Gasteiger partial charge in [-0.05, 0) is 38.8 Å². The average molecular weight is 474 g/mol. The molecule has 7 heteroatoms. The van der Waals surface area contributed by atoms with E-state index in [0.717, 1.165) is 19.0 Å². The lowest BCUT2D eigenvalue weighted by Crippen LogP contribution is -2.59. The van der Waals surface area contributed by atoms with E-state index in [1.54, 1.807) is 0 Å². The van der Waals surface area contributed by atoms with Gasteiger partial charge in [0, 0.05) is 44.5 Å². The normalized spacial score (nSPS) is 21.1. The van der Waals surface area contributed by atoms with E-state index in [2.05, 4.69) is 25.6 Å². The fourth-order valence-corrected chi connectivity index (χ4v) is 4.40. The van der Waals surface area contributed by atoms with Crippen LogP contribution in [0.4, 0.5) is 0 Å². The second-order valence-corrected chi connectivity index (χ2v) is 7.63. The van der Waals surface area contributed by atoms with Gasteiger partial charge in [-0.25, -0.2) is 0 Å². The van der Waals surface area contributed by atoms with Gasteiger partial charge in [-0.3, -0.25) is 14.6 Å². The molecule has 1 saturated carbocycles. The van der Waals surface area contributed by atoms with Gasteiger partial charge < -0.3 is 10.6 Å². The van der Waals surface area contributed by atoms with Gasteiger partial charge in [0.25, 0.3) is 0 Å². The number of aliphatic imine (C=N–C) groups is 1. The van der Waals surface area contributed by atoms with Crippen LogP contribution in [-0.2, 0) is 13.6 Å². The van der Waals surface area contributed by atoms with Crippen molar-refractivity contribution in [3.8, 4) is 0 Å².